The normalized spacial score (nSPS) is 10.9. The summed E-state index contributed by atoms with van der Waals surface area (Å²) in [5.74, 6) is 0.930. The molecule has 1 N–H and O–H groups in total. The van der Waals surface area contributed by atoms with Gasteiger partial charge < -0.3 is 19.7 Å². The highest BCUT2D eigenvalue weighted by Crippen LogP contribution is 1.87. The molecule has 0 aromatic carbocycles. The summed E-state index contributed by atoms with van der Waals surface area (Å²) in [4.78, 5) is 6.43. The first-order chi connectivity index (χ1) is 7.72. The molecule has 0 bridgehead atoms. The molecule has 0 saturated carbocycles. The van der Waals surface area contributed by atoms with Crippen molar-refractivity contribution in [3.63, 3.8) is 0 Å². The maximum Gasteiger partial charge on any atom is 0.193 e. The van der Waals surface area contributed by atoms with Crippen molar-refractivity contribution in [3.05, 3.63) is 0 Å². The lowest BCUT2D eigenvalue weighted by atomic mass is 10.4. The van der Waals surface area contributed by atoms with Gasteiger partial charge in [0.05, 0.1) is 13.2 Å². The van der Waals surface area contributed by atoms with E-state index in [4.69, 9.17) is 9.47 Å². The zero-order valence-electron chi connectivity index (χ0n) is 11.4. The molecule has 104 valence electrons. The lowest BCUT2D eigenvalue weighted by Gasteiger charge is -2.16. The number of rotatable bonds is 8. The number of ether oxygens (including phenoxy) is 2. The first-order valence-corrected chi connectivity index (χ1v) is 5.74. The van der Waals surface area contributed by atoms with Gasteiger partial charge in [-0.25, -0.2) is 0 Å². The Hall–Kier alpha value is -0.0800. The largest absolute Gasteiger partial charge is 0.382 e. The predicted octanol–water partition coefficient (Wildman–Crippen LogP) is 1.18. The third-order valence-corrected chi connectivity index (χ3v) is 1.90. The summed E-state index contributed by atoms with van der Waals surface area (Å²) in [6.07, 6.45) is 0.937. The number of guanidine groups is 1. The molecule has 0 aromatic heterocycles. The van der Waals surface area contributed by atoms with Crippen molar-refractivity contribution in [2.45, 2.75) is 13.3 Å². The van der Waals surface area contributed by atoms with E-state index in [1.165, 1.54) is 0 Å². The number of hydrogen-bond donors (Lipinski definition) is 1. The van der Waals surface area contributed by atoms with E-state index < -0.39 is 0 Å². The second-order valence-corrected chi connectivity index (χ2v) is 3.59. The summed E-state index contributed by atoms with van der Waals surface area (Å²) >= 11 is 0. The van der Waals surface area contributed by atoms with Crippen molar-refractivity contribution in [1.82, 2.24) is 10.2 Å². The van der Waals surface area contributed by atoms with E-state index in [2.05, 4.69) is 17.2 Å². The summed E-state index contributed by atoms with van der Waals surface area (Å²) in [5.41, 5.74) is 0. The van der Waals surface area contributed by atoms with Crippen molar-refractivity contribution in [2.75, 3.05) is 54.1 Å². The molecule has 0 fully saturated rings. The van der Waals surface area contributed by atoms with E-state index in [1.54, 1.807) is 7.11 Å². The highest BCUT2D eigenvalue weighted by molar-refractivity contribution is 14.0. The average molecular weight is 359 g/mol. The van der Waals surface area contributed by atoms with Crippen LogP contribution in [0.15, 0.2) is 4.99 Å². The minimum absolute atomic E-state index is 0. The van der Waals surface area contributed by atoms with Gasteiger partial charge in [0.15, 0.2) is 5.96 Å². The van der Waals surface area contributed by atoms with Gasteiger partial charge in [0, 0.05) is 40.9 Å². The molecule has 0 aliphatic carbocycles. The Bertz CT molecular complexity index is 190. The van der Waals surface area contributed by atoms with Crippen molar-refractivity contribution < 1.29 is 9.47 Å². The van der Waals surface area contributed by atoms with Crippen molar-refractivity contribution >= 4 is 29.9 Å². The number of nitrogens with zero attached hydrogens (tertiary/aromatic N) is 2. The van der Waals surface area contributed by atoms with Gasteiger partial charge in [-0.1, -0.05) is 0 Å². The van der Waals surface area contributed by atoms with Crippen LogP contribution in [-0.2, 0) is 9.47 Å². The van der Waals surface area contributed by atoms with Crippen molar-refractivity contribution in [2.24, 2.45) is 4.99 Å². The van der Waals surface area contributed by atoms with Crippen molar-refractivity contribution in [1.29, 1.82) is 0 Å². The van der Waals surface area contributed by atoms with Crippen LogP contribution in [0, 0.1) is 0 Å². The maximum absolute atomic E-state index is 5.35. The third kappa shape index (κ3) is 12.2. The summed E-state index contributed by atoms with van der Waals surface area (Å²) in [7, 11) is 5.64. The van der Waals surface area contributed by atoms with Crippen LogP contribution >= 0.6 is 24.0 Å². The van der Waals surface area contributed by atoms with Gasteiger partial charge >= 0.3 is 0 Å². The van der Waals surface area contributed by atoms with Gasteiger partial charge in [-0.3, -0.25) is 4.99 Å². The average Bonchev–Trinajstić information content (AvgIpc) is 2.26. The molecular formula is C11H26IN3O2. The van der Waals surface area contributed by atoms with E-state index in [9.17, 15) is 0 Å². The van der Waals surface area contributed by atoms with Crippen LogP contribution in [0.25, 0.3) is 0 Å². The highest BCUT2D eigenvalue weighted by atomic mass is 127. The Morgan fingerprint density at radius 2 is 1.94 bits per heavy atom. The van der Waals surface area contributed by atoms with Gasteiger partial charge in [0.1, 0.15) is 0 Å². The second-order valence-electron chi connectivity index (χ2n) is 3.59. The lowest BCUT2D eigenvalue weighted by Crippen LogP contribution is -2.36. The van der Waals surface area contributed by atoms with Crippen molar-refractivity contribution in [3.8, 4) is 0 Å². The van der Waals surface area contributed by atoms with Gasteiger partial charge in [-0.15, -0.1) is 24.0 Å². The molecule has 0 rings (SSSR count). The Morgan fingerprint density at radius 3 is 2.47 bits per heavy atom. The minimum Gasteiger partial charge on any atom is -0.382 e. The summed E-state index contributed by atoms with van der Waals surface area (Å²) in [6, 6.07) is 0. The van der Waals surface area contributed by atoms with Gasteiger partial charge in [0.2, 0.25) is 0 Å². The van der Waals surface area contributed by atoms with Crippen LogP contribution in [0.1, 0.15) is 13.3 Å². The molecule has 0 heterocycles. The first-order valence-electron chi connectivity index (χ1n) is 5.74. The number of aliphatic imine (C=N–C) groups is 1. The van der Waals surface area contributed by atoms with E-state index in [1.807, 2.05) is 19.0 Å². The molecule has 0 unspecified atom stereocenters. The SMILES string of the molecule is CCNC(=NCCCOCCOC)N(C)C.I. The molecule has 0 spiro atoms. The zero-order chi connectivity index (χ0) is 12.2. The van der Waals surface area contributed by atoms with Crippen LogP contribution in [0.2, 0.25) is 0 Å². The summed E-state index contributed by atoms with van der Waals surface area (Å²) in [6.45, 7) is 5.79. The molecule has 6 heteroatoms. The molecule has 17 heavy (non-hydrogen) atoms. The Morgan fingerprint density at radius 1 is 1.24 bits per heavy atom. The molecule has 0 atom stereocenters. The van der Waals surface area contributed by atoms with Crippen LogP contribution in [0.3, 0.4) is 0 Å². The maximum atomic E-state index is 5.35. The van der Waals surface area contributed by atoms with Crippen LogP contribution in [-0.4, -0.2) is 65.0 Å². The Kier molecular flexibility index (Phi) is 15.8. The molecule has 0 amide bonds. The van der Waals surface area contributed by atoms with Gasteiger partial charge in [-0.05, 0) is 13.3 Å². The van der Waals surface area contributed by atoms with Crippen LogP contribution in [0.4, 0.5) is 0 Å². The molecule has 5 nitrogen and oxygen atoms in total. The number of halogens is 1. The summed E-state index contributed by atoms with van der Waals surface area (Å²) < 4.78 is 10.2. The van der Waals surface area contributed by atoms with Crippen LogP contribution < -0.4 is 5.32 Å². The van der Waals surface area contributed by atoms with Gasteiger partial charge in [-0.2, -0.15) is 0 Å². The molecule has 0 aliphatic heterocycles. The zero-order valence-corrected chi connectivity index (χ0v) is 13.7. The predicted molar refractivity (Wildman–Crippen MR) is 82.4 cm³/mol. The molecular weight excluding hydrogens is 333 g/mol. The van der Waals surface area contributed by atoms with E-state index in [-0.39, 0.29) is 24.0 Å². The topological polar surface area (TPSA) is 46.1 Å². The smallest absolute Gasteiger partial charge is 0.193 e. The fourth-order valence-corrected chi connectivity index (χ4v) is 1.11. The Balaban J connectivity index is 0. The van der Waals surface area contributed by atoms with Crippen LogP contribution in [0.5, 0.6) is 0 Å². The standard InChI is InChI=1S/C11H25N3O2.HI/c1-5-12-11(14(2)3)13-7-6-8-16-10-9-15-4;/h5-10H2,1-4H3,(H,12,13);1H. The first kappa shape index (κ1) is 19.3. The van der Waals surface area contributed by atoms with Gasteiger partial charge in [0.25, 0.3) is 0 Å². The monoisotopic (exact) mass is 359 g/mol. The number of methoxy groups -OCH3 is 1. The molecule has 0 saturated heterocycles. The molecule has 0 aliphatic rings. The highest BCUT2D eigenvalue weighted by Gasteiger charge is 1.98. The third-order valence-electron chi connectivity index (χ3n) is 1.90. The molecule has 0 aromatic rings. The number of hydrogen-bond acceptors (Lipinski definition) is 3. The van der Waals surface area contributed by atoms with E-state index >= 15 is 0 Å². The summed E-state index contributed by atoms with van der Waals surface area (Å²) in [5, 5.41) is 3.21. The van der Waals surface area contributed by atoms with E-state index in [0.29, 0.717) is 13.2 Å². The fraction of sp³-hybridized carbons (Fsp3) is 0.909. The van der Waals surface area contributed by atoms with E-state index in [0.717, 1.165) is 32.1 Å². The minimum atomic E-state index is 0. The lowest BCUT2D eigenvalue weighted by molar-refractivity contribution is 0.0702. The second kappa shape index (κ2) is 14.0. The quantitative estimate of drug-likeness (QED) is 0.306. The number of nitrogens with one attached hydrogen (secondary N) is 1. The fourth-order valence-electron chi connectivity index (χ4n) is 1.11. The Labute approximate surface area is 122 Å². The molecule has 0 radical (unpaired) electrons.